The molecular weight excluding hydrogens is 279 g/mol. The Hall–Kier alpha value is -2.04. The average molecular weight is 283 g/mol. The number of anilines is 1. The molecule has 18 heavy (non-hydrogen) atoms. The van der Waals surface area contributed by atoms with Gasteiger partial charge in [0.15, 0.2) is 0 Å². The van der Waals surface area contributed by atoms with Gasteiger partial charge in [-0.05, 0) is 23.7 Å². The Morgan fingerprint density at radius 3 is 2.89 bits per heavy atom. The summed E-state index contributed by atoms with van der Waals surface area (Å²) in [6, 6.07) is 5.62. The fraction of sp³-hybridized carbons (Fsp3) is 0. The fourth-order valence-corrected chi connectivity index (χ4v) is 1.94. The van der Waals surface area contributed by atoms with Gasteiger partial charge in [-0.2, -0.15) is 5.26 Å². The van der Waals surface area contributed by atoms with Crippen molar-refractivity contribution in [2.45, 2.75) is 0 Å². The second kappa shape index (κ2) is 5.08. The van der Waals surface area contributed by atoms with E-state index in [1.807, 2.05) is 0 Å². The van der Waals surface area contributed by atoms with Gasteiger partial charge in [0.25, 0.3) is 5.91 Å². The van der Waals surface area contributed by atoms with E-state index >= 15 is 0 Å². The molecule has 5 nitrogen and oxygen atoms in total. The minimum Gasteiger partial charge on any atom is -0.319 e. The molecule has 0 saturated heterocycles. The molecule has 0 spiro atoms. The summed E-state index contributed by atoms with van der Waals surface area (Å²) in [4.78, 5) is 11.7. The number of amides is 1. The smallest absolute Gasteiger partial charge is 0.286 e. The highest BCUT2D eigenvalue weighted by atomic mass is 35.5. The molecule has 8 heteroatoms. The molecule has 1 aromatic carbocycles. The van der Waals surface area contributed by atoms with Crippen molar-refractivity contribution < 1.29 is 9.18 Å². The number of nitrogens with zero attached hydrogens (tertiary/aromatic N) is 3. The monoisotopic (exact) mass is 282 g/mol. The van der Waals surface area contributed by atoms with Crippen molar-refractivity contribution in [3.05, 3.63) is 39.1 Å². The van der Waals surface area contributed by atoms with Crippen LogP contribution in [0.5, 0.6) is 0 Å². The highest BCUT2D eigenvalue weighted by Crippen LogP contribution is 2.20. The number of nitrogens with one attached hydrogen (secondary N) is 1. The zero-order chi connectivity index (χ0) is 13.1. The van der Waals surface area contributed by atoms with Gasteiger partial charge in [0.2, 0.25) is 9.47 Å². The quantitative estimate of drug-likeness (QED) is 0.917. The molecule has 0 aliphatic rings. The molecular formula is C10H4ClFN4OS. The van der Waals surface area contributed by atoms with Crippen molar-refractivity contribution in [2.75, 3.05) is 5.32 Å². The molecule has 0 atom stereocenters. The molecule has 0 fully saturated rings. The Morgan fingerprint density at radius 2 is 2.28 bits per heavy atom. The van der Waals surface area contributed by atoms with Gasteiger partial charge in [-0.15, -0.1) is 10.2 Å². The zero-order valence-electron chi connectivity index (χ0n) is 8.65. The van der Waals surface area contributed by atoms with Crippen molar-refractivity contribution in [1.29, 1.82) is 5.26 Å². The Morgan fingerprint density at radius 1 is 1.50 bits per heavy atom. The molecule has 1 heterocycles. The Bertz CT molecular complexity index is 652. The average Bonchev–Trinajstić information content (AvgIpc) is 2.76. The van der Waals surface area contributed by atoms with E-state index in [0.717, 1.165) is 17.4 Å². The maximum atomic E-state index is 13.3. The van der Waals surface area contributed by atoms with Gasteiger partial charge in [-0.25, -0.2) is 4.39 Å². The first-order valence-corrected chi connectivity index (χ1v) is 5.80. The summed E-state index contributed by atoms with van der Waals surface area (Å²) in [7, 11) is 0. The normalized spacial score (nSPS) is 9.83. The molecule has 0 aliphatic heterocycles. The third-order valence-corrected chi connectivity index (χ3v) is 2.99. The van der Waals surface area contributed by atoms with Gasteiger partial charge in [-0.3, -0.25) is 4.79 Å². The molecule has 2 aromatic rings. The number of hydrogen-bond donors (Lipinski definition) is 1. The first-order valence-electron chi connectivity index (χ1n) is 4.61. The summed E-state index contributed by atoms with van der Waals surface area (Å²) in [6.07, 6.45) is 0. The standard InChI is InChI=1S/C10H4ClFN4OS/c11-10-16-15-9(18-10)8(17)14-7-3-1-2-6(12)5(7)4-13/h1-3H,(H,14,17). The molecule has 0 aliphatic carbocycles. The number of rotatable bonds is 2. The summed E-state index contributed by atoms with van der Waals surface area (Å²) in [6.45, 7) is 0. The third-order valence-electron chi connectivity index (χ3n) is 1.97. The molecule has 2 rings (SSSR count). The first-order chi connectivity index (χ1) is 8.61. The highest BCUT2D eigenvalue weighted by Gasteiger charge is 2.15. The van der Waals surface area contributed by atoms with E-state index in [1.165, 1.54) is 12.1 Å². The van der Waals surface area contributed by atoms with Crippen LogP contribution in [0, 0.1) is 17.1 Å². The number of carbonyl (C=O) groups excluding carboxylic acids is 1. The van der Waals surface area contributed by atoms with E-state index in [-0.39, 0.29) is 20.7 Å². The van der Waals surface area contributed by atoms with Crippen LogP contribution < -0.4 is 5.32 Å². The van der Waals surface area contributed by atoms with Crippen LogP contribution in [-0.4, -0.2) is 16.1 Å². The Kier molecular flexibility index (Phi) is 3.50. The molecule has 1 N–H and O–H groups in total. The molecule has 0 unspecified atom stereocenters. The molecule has 1 amide bonds. The van der Waals surface area contributed by atoms with Gasteiger partial charge in [0, 0.05) is 0 Å². The van der Waals surface area contributed by atoms with Crippen LogP contribution in [-0.2, 0) is 0 Å². The van der Waals surface area contributed by atoms with Crippen molar-refractivity contribution in [3.8, 4) is 6.07 Å². The molecule has 0 bridgehead atoms. The number of benzene rings is 1. The van der Waals surface area contributed by atoms with E-state index in [4.69, 9.17) is 16.9 Å². The maximum Gasteiger partial charge on any atom is 0.286 e. The second-order valence-corrected chi connectivity index (χ2v) is 4.65. The van der Waals surface area contributed by atoms with Gasteiger partial charge in [0.1, 0.15) is 17.4 Å². The number of carbonyl (C=O) groups is 1. The van der Waals surface area contributed by atoms with Crippen LogP contribution >= 0.6 is 22.9 Å². The summed E-state index contributed by atoms with van der Waals surface area (Å²) >= 11 is 6.43. The molecule has 0 saturated carbocycles. The lowest BCUT2D eigenvalue weighted by Gasteiger charge is -2.04. The van der Waals surface area contributed by atoms with Gasteiger partial charge < -0.3 is 5.32 Å². The number of aromatic nitrogens is 2. The van der Waals surface area contributed by atoms with Crippen molar-refractivity contribution >= 4 is 34.5 Å². The zero-order valence-corrected chi connectivity index (χ0v) is 10.2. The minimum atomic E-state index is -0.703. The maximum absolute atomic E-state index is 13.3. The van der Waals surface area contributed by atoms with Gasteiger partial charge >= 0.3 is 0 Å². The number of hydrogen-bond acceptors (Lipinski definition) is 5. The lowest BCUT2D eigenvalue weighted by atomic mass is 10.2. The van der Waals surface area contributed by atoms with E-state index in [0.29, 0.717) is 0 Å². The van der Waals surface area contributed by atoms with Gasteiger partial charge in [-0.1, -0.05) is 17.4 Å². The van der Waals surface area contributed by atoms with Crippen LogP contribution in [0.2, 0.25) is 4.47 Å². The van der Waals surface area contributed by atoms with E-state index in [9.17, 15) is 9.18 Å². The lowest BCUT2D eigenvalue weighted by molar-refractivity contribution is 0.102. The first kappa shape index (κ1) is 12.4. The molecule has 1 aromatic heterocycles. The van der Waals surface area contributed by atoms with E-state index in [1.54, 1.807) is 6.07 Å². The predicted molar refractivity (Wildman–Crippen MR) is 64.0 cm³/mol. The van der Waals surface area contributed by atoms with Crippen molar-refractivity contribution in [1.82, 2.24) is 10.2 Å². The van der Waals surface area contributed by atoms with Crippen LogP contribution in [0.4, 0.5) is 10.1 Å². The van der Waals surface area contributed by atoms with Crippen LogP contribution in [0.3, 0.4) is 0 Å². The van der Waals surface area contributed by atoms with Crippen LogP contribution in [0.25, 0.3) is 0 Å². The van der Waals surface area contributed by atoms with E-state index in [2.05, 4.69) is 15.5 Å². The van der Waals surface area contributed by atoms with Crippen molar-refractivity contribution in [3.63, 3.8) is 0 Å². The lowest BCUT2D eigenvalue weighted by Crippen LogP contribution is -2.13. The molecule has 0 radical (unpaired) electrons. The van der Waals surface area contributed by atoms with E-state index < -0.39 is 11.7 Å². The fourth-order valence-electron chi connectivity index (χ4n) is 1.21. The largest absolute Gasteiger partial charge is 0.319 e. The second-order valence-electron chi connectivity index (χ2n) is 3.09. The summed E-state index contributed by atoms with van der Waals surface area (Å²) in [5.41, 5.74) is -0.157. The third kappa shape index (κ3) is 2.45. The SMILES string of the molecule is N#Cc1c(F)cccc1NC(=O)c1nnc(Cl)s1. The van der Waals surface area contributed by atoms with Crippen LogP contribution in [0.15, 0.2) is 18.2 Å². The van der Waals surface area contributed by atoms with Crippen molar-refractivity contribution in [2.24, 2.45) is 0 Å². The highest BCUT2D eigenvalue weighted by molar-refractivity contribution is 7.17. The number of nitriles is 1. The minimum absolute atomic E-state index is 0.0353. The topological polar surface area (TPSA) is 78.7 Å². The summed E-state index contributed by atoms with van der Waals surface area (Å²) in [5, 5.41) is 18.2. The summed E-state index contributed by atoms with van der Waals surface area (Å²) < 4.78 is 13.4. The predicted octanol–water partition coefficient (Wildman–Crippen LogP) is 2.45. The Balaban J connectivity index is 2.28. The summed E-state index contributed by atoms with van der Waals surface area (Å²) in [5.74, 6) is -1.30. The van der Waals surface area contributed by atoms with Crippen LogP contribution in [0.1, 0.15) is 15.4 Å². The Labute approximate surface area is 110 Å². The number of halogens is 2. The van der Waals surface area contributed by atoms with Gasteiger partial charge in [0.05, 0.1) is 5.69 Å². The molecule has 90 valence electrons.